The standard InChI is InChI=1S/C12H9ClFN3O2/c13-10-8(14)4-7(5-15-10)6-17-3-1-2-9-11(17)16-12(18)19-9/h1,3-5,9H,2,6H2. The summed E-state index contributed by atoms with van der Waals surface area (Å²) in [6, 6.07) is 1.31. The van der Waals surface area contributed by atoms with Gasteiger partial charge >= 0.3 is 6.09 Å². The molecular weight excluding hydrogens is 273 g/mol. The van der Waals surface area contributed by atoms with Crippen molar-refractivity contribution in [3.8, 4) is 0 Å². The maximum atomic E-state index is 13.3. The highest BCUT2D eigenvalue weighted by atomic mass is 35.5. The summed E-state index contributed by atoms with van der Waals surface area (Å²) in [6.45, 7) is 0.351. The Balaban J connectivity index is 1.84. The van der Waals surface area contributed by atoms with Gasteiger partial charge in [0.25, 0.3) is 0 Å². The molecule has 1 unspecified atom stereocenters. The molecule has 2 aliphatic rings. The summed E-state index contributed by atoms with van der Waals surface area (Å²) < 4.78 is 18.4. The number of halogens is 2. The molecule has 0 bridgehead atoms. The number of carbonyl (C=O) groups excluding carboxylic acids is 1. The van der Waals surface area contributed by atoms with Gasteiger partial charge in [0.2, 0.25) is 0 Å². The number of nitrogens with zero attached hydrogens (tertiary/aromatic N) is 3. The molecule has 0 N–H and O–H groups in total. The highest BCUT2D eigenvalue weighted by molar-refractivity contribution is 6.29. The third-order valence-electron chi connectivity index (χ3n) is 2.87. The minimum absolute atomic E-state index is 0.160. The van der Waals surface area contributed by atoms with Gasteiger partial charge in [-0.15, -0.1) is 0 Å². The number of amidine groups is 1. The zero-order valence-electron chi connectivity index (χ0n) is 9.72. The second-order valence-corrected chi connectivity index (χ2v) is 4.56. The SMILES string of the molecule is O=C1N=C2C(CC=CN2Cc2cnc(Cl)c(F)c2)O1. The van der Waals surface area contributed by atoms with Gasteiger partial charge in [0.05, 0.1) is 6.54 Å². The Bertz CT molecular complexity index is 603. The molecule has 1 aromatic heterocycles. The maximum Gasteiger partial charge on any atom is 0.436 e. The van der Waals surface area contributed by atoms with Crippen molar-refractivity contribution >= 4 is 23.5 Å². The molecule has 0 aliphatic carbocycles. The monoisotopic (exact) mass is 281 g/mol. The van der Waals surface area contributed by atoms with Gasteiger partial charge in [-0.1, -0.05) is 17.7 Å². The minimum atomic E-state index is -0.589. The van der Waals surface area contributed by atoms with Crippen LogP contribution in [0.15, 0.2) is 29.5 Å². The molecule has 1 amide bonds. The van der Waals surface area contributed by atoms with E-state index in [9.17, 15) is 9.18 Å². The molecule has 0 spiro atoms. The van der Waals surface area contributed by atoms with Gasteiger partial charge in [0, 0.05) is 18.8 Å². The van der Waals surface area contributed by atoms with Crippen molar-refractivity contribution in [1.29, 1.82) is 0 Å². The predicted octanol–water partition coefficient (Wildman–Crippen LogP) is 2.51. The average Bonchev–Trinajstić information content (AvgIpc) is 2.75. The molecule has 0 saturated carbocycles. The predicted molar refractivity (Wildman–Crippen MR) is 66.2 cm³/mol. The van der Waals surface area contributed by atoms with Crippen molar-refractivity contribution < 1.29 is 13.9 Å². The van der Waals surface area contributed by atoms with Crippen LogP contribution in [0.3, 0.4) is 0 Å². The summed E-state index contributed by atoms with van der Waals surface area (Å²) in [6.07, 6.45) is 4.83. The van der Waals surface area contributed by atoms with Gasteiger partial charge in [0.1, 0.15) is 0 Å². The van der Waals surface area contributed by atoms with Gasteiger partial charge in [0.15, 0.2) is 22.9 Å². The lowest BCUT2D eigenvalue weighted by molar-refractivity contribution is 0.145. The highest BCUT2D eigenvalue weighted by Gasteiger charge is 2.33. The van der Waals surface area contributed by atoms with E-state index in [4.69, 9.17) is 16.3 Å². The number of ether oxygens (including phenoxy) is 1. The second kappa shape index (κ2) is 4.62. The summed E-state index contributed by atoms with van der Waals surface area (Å²) in [4.78, 5) is 20.5. The number of aliphatic imine (C=N–C) groups is 1. The zero-order valence-corrected chi connectivity index (χ0v) is 10.5. The number of fused-ring (bicyclic) bond motifs is 1. The number of aromatic nitrogens is 1. The molecule has 2 aliphatic heterocycles. The van der Waals surface area contributed by atoms with E-state index in [0.29, 0.717) is 24.4 Å². The van der Waals surface area contributed by atoms with Gasteiger partial charge in [-0.05, 0) is 11.6 Å². The smallest absolute Gasteiger partial charge is 0.436 e. The molecule has 98 valence electrons. The van der Waals surface area contributed by atoms with Crippen LogP contribution in [0.2, 0.25) is 5.15 Å². The maximum absolute atomic E-state index is 13.3. The summed E-state index contributed by atoms with van der Waals surface area (Å²) in [7, 11) is 0. The molecule has 3 rings (SSSR count). The fraction of sp³-hybridized carbons (Fsp3) is 0.250. The molecule has 3 heterocycles. The van der Waals surface area contributed by atoms with Crippen LogP contribution in [0.1, 0.15) is 12.0 Å². The Morgan fingerprint density at radius 1 is 1.58 bits per heavy atom. The zero-order chi connectivity index (χ0) is 13.4. The largest absolute Gasteiger partial charge is 0.436 e. The summed E-state index contributed by atoms with van der Waals surface area (Å²) in [5.74, 6) is -0.0275. The van der Waals surface area contributed by atoms with E-state index in [-0.39, 0.29) is 11.3 Å². The third kappa shape index (κ3) is 2.31. The Hall–Kier alpha value is -1.95. The number of rotatable bonds is 2. The molecule has 5 nitrogen and oxygen atoms in total. The van der Waals surface area contributed by atoms with Crippen LogP contribution in [0.4, 0.5) is 9.18 Å². The van der Waals surface area contributed by atoms with Gasteiger partial charge < -0.3 is 9.64 Å². The second-order valence-electron chi connectivity index (χ2n) is 4.21. The lowest BCUT2D eigenvalue weighted by atomic mass is 10.1. The molecule has 0 saturated heterocycles. The molecule has 19 heavy (non-hydrogen) atoms. The van der Waals surface area contributed by atoms with Crippen LogP contribution < -0.4 is 0 Å². The molecule has 1 aromatic rings. The van der Waals surface area contributed by atoms with Crippen molar-refractivity contribution in [3.63, 3.8) is 0 Å². The summed E-state index contributed by atoms with van der Waals surface area (Å²) in [5.41, 5.74) is 0.634. The van der Waals surface area contributed by atoms with Gasteiger partial charge in [-0.25, -0.2) is 14.2 Å². The lowest BCUT2D eigenvalue weighted by Gasteiger charge is -2.26. The van der Waals surface area contributed by atoms with Crippen LogP contribution in [0, 0.1) is 5.82 Å². The molecular formula is C12H9ClFN3O2. The fourth-order valence-electron chi connectivity index (χ4n) is 2.03. The first-order chi connectivity index (χ1) is 9.13. The first-order valence-corrected chi connectivity index (χ1v) is 6.04. The topological polar surface area (TPSA) is 54.8 Å². The van der Waals surface area contributed by atoms with Gasteiger partial charge in [-0.2, -0.15) is 4.99 Å². The van der Waals surface area contributed by atoms with Crippen LogP contribution in [-0.4, -0.2) is 27.9 Å². The molecule has 1 atom stereocenters. The number of amides is 1. The van der Waals surface area contributed by atoms with Gasteiger partial charge in [-0.3, -0.25) is 0 Å². The van der Waals surface area contributed by atoms with Crippen molar-refractivity contribution in [1.82, 2.24) is 9.88 Å². The van der Waals surface area contributed by atoms with Crippen LogP contribution in [0.25, 0.3) is 0 Å². The van der Waals surface area contributed by atoms with E-state index in [1.165, 1.54) is 12.3 Å². The Kier molecular flexibility index (Phi) is 2.94. The van der Waals surface area contributed by atoms with E-state index >= 15 is 0 Å². The molecule has 0 aromatic carbocycles. The van der Waals surface area contributed by atoms with Crippen molar-refractivity contribution in [2.45, 2.75) is 19.1 Å². The normalized spacial score (nSPS) is 21.2. The fourth-order valence-corrected chi connectivity index (χ4v) is 2.14. The minimum Gasteiger partial charge on any atom is -0.436 e. The van der Waals surface area contributed by atoms with Crippen LogP contribution in [0.5, 0.6) is 0 Å². The first kappa shape index (κ1) is 12.1. The molecule has 0 radical (unpaired) electrons. The quantitative estimate of drug-likeness (QED) is 0.782. The Labute approximate surface area is 113 Å². The van der Waals surface area contributed by atoms with E-state index in [1.54, 1.807) is 11.1 Å². The van der Waals surface area contributed by atoms with E-state index in [0.717, 1.165) is 0 Å². The van der Waals surface area contributed by atoms with Crippen LogP contribution >= 0.6 is 11.6 Å². The number of hydrogen-bond acceptors (Lipinski definition) is 4. The molecule has 0 fully saturated rings. The number of hydrogen-bond donors (Lipinski definition) is 0. The van der Waals surface area contributed by atoms with E-state index < -0.39 is 11.9 Å². The van der Waals surface area contributed by atoms with Crippen LogP contribution in [-0.2, 0) is 11.3 Å². The van der Waals surface area contributed by atoms with E-state index in [2.05, 4.69) is 9.98 Å². The van der Waals surface area contributed by atoms with Crippen molar-refractivity contribution in [2.24, 2.45) is 4.99 Å². The Morgan fingerprint density at radius 3 is 3.21 bits per heavy atom. The number of pyridine rings is 1. The lowest BCUT2D eigenvalue weighted by Crippen LogP contribution is -2.36. The van der Waals surface area contributed by atoms with Crippen molar-refractivity contribution in [2.75, 3.05) is 0 Å². The highest BCUT2D eigenvalue weighted by Crippen LogP contribution is 2.22. The summed E-state index contributed by atoms with van der Waals surface area (Å²) in [5, 5.41) is -0.160. The third-order valence-corrected chi connectivity index (χ3v) is 3.15. The van der Waals surface area contributed by atoms with Crippen molar-refractivity contribution in [3.05, 3.63) is 41.1 Å². The number of carbonyl (C=O) groups is 1. The Morgan fingerprint density at radius 2 is 2.42 bits per heavy atom. The van der Waals surface area contributed by atoms with E-state index in [1.807, 2.05) is 6.08 Å². The first-order valence-electron chi connectivity index (χ1n) is 5.66. The average molecular weight is 282 g/mol. The summed E-state index contributed by atoms with van der Waals surface area (Å²) >= 11 is 5.53. The molecule has 7 heteroatoms.